The molecule has 3 rings (SSSR count). The normalized spacial score (nSPS) is 14.8. The Morgan fingerprint density at radius 3 is 2.56 bits per heavy atom. The number of pyridine rings is 1. The van der Waals surface area contributed by atoms with Gasteiger partial charge in [-0.3, -0.25) is 4.98 Å². The molecule has 0 bridgehead atoms. The molecular weight excluding hydrogens is 224 g/mol. The molecule has 4 heteroatoms. The van der Waals surface area contributed by atoms with Gasteiger partial charge in [0.05, 0.1) is 17.1 Å². The highest BCUT2D eigenvalue weighted by Crippen LogP contribution is 2.38. The lowest BCUT2D eigenvalue weighted by Gasteiger charge is -2.10. The maximum atomic E-state index is 4.55. The molecule has 1 fully saturated rings. The van der Waals surface area contributed by atoms with Gasteiger partial charge in [-0.25, -0.2) is 4.98 Å². The summed E-state index contributed by atoms with van der Waals surface area (Å²) in [5.74, 6) is 0.934. The summed E-state index contributed by atoms with van der Waals surface area (Å²) in [4.78, 5) is 9.02. The fraction of sp³-hybridized carbons (Fsp3) is 0.429. The number of aryl methyl sites for hydroxylation is 3. The first-order chi connectivity index (χ1) is 8.63. The monoisotopic (exact) mass is 242 g/mol. The maximum Gasteiger partial charge on any atom is 0.207 e. The molecular formula is C14H18N4. The van der Waals surface area contributed by atoms with E-state index >= 15 is 0 Å². The van der Waals surface area contributed by atoms with Crippen molar-refractivity contribution in [2.45, 2.75) is 39.7 Å². The fourth-order valence-electron chi connectivity index (χ4n) is 2.18. The molecule has 18 heavy (non-hydrogen) atoms. The topological polar surface area (TPSA) is 42.7 Å². The number of imidazole rings is 1. The van der Waals surface area contributed by atoms with Crippen LogP contribution >= 0.6 is 0 Å². The Bertz CT molecular complexity index is 581. The molecule has 0 radical (unpaired) electrons. The minimum atomic E-state index is 0.632. The molecule has 1 aliphatic rings. The first-order valence-corrected chi connectivity index (χ1v) is 6.40. The number of hydrogen-bond acceptors (Lipinski definition) is 3. The van der Waals surface area contributed by atoms with Gasteiger partial charge in [0.15, 0.2) is 0 Å². The van der Waals surface area contributed by atoms with E-state index in [9.17, 15) is 0 Å². The third kappa shape index (κ3) is 2.10. The van der Waals surface area contributed by atoms with E-state index in [1.54, 1.807) is 0 Å². The Morgan fingerprint density at radius 2 is 1.89 bits per heavy atom. The molecule has 0 saturated heterocycles. The minimum Gasteiger partial charge on any atom is -0.324 e. The minimum absolute atomic E-state index is 0.632. The van der Waals surface area contributed by atoms with Crippen LogP contribution in [-0.4, -0.2) is 14.5 Å². The highest BCUT2D eigenvalue weighted by Gasteiger charge is 2.26. The summed E-state index contributed by atoms with van der Waals surface area (Å²) in [6.07, 6.45) is 4.64. The van der Waals surface area contributed by atoms with Crippen molar-refractivity contribution in [2.24, 2.45) is 0 Å². The third-order valence-electron chi connectivity index (χ3n) is 3.26. The Balaban J connectivity index is 1.91. The molecule has 1 N–H and O–H groups in total. The van der Waals surface area contributed by atoms with Crippen molar-refractivity contribution in [3.8, 4) is 0 Å². The summed E-state index contributed by atoms with van der Waals surface area (Å²) >= 11 is 0. The van der Waals surface area contributed by atoms with E-state index in [0.29, 0.717) is 6.04 Å². The van der Waals surface area contributed by atoms with E-state index in [0.717, 1.165) is 28.7 Å². The highest BCUT2D eigenvalue weighted by atomic mass is 15.2. The van der Waals surface area contributed by atoms with E-state index in [4.69, 9.17) is 0 Å². The molecule has 2 heterocycles. The largest absolute Gasteiger partial charge is 0.324 e. The van der Waals surface area contributed by atoms with Gasteiger partial charge in [-0.1, -0.05) is 0 Å². The summed E-state index contributed by atoms with van der Waals surface area (Å²) in [5.41, 5.74) is 4.15. The van der Waals surface area contributed by atoms with Crippen molar-refractivity contribution in [2.75, 3.05) is 5.32 Å². The molecule has 94 valence electrons. The van der Waals surface area contributed by atoms with Crippen molar-refractivity contribution in [1.82, 2.24) is 14.5 Å². The molecule has 0 spiro atoms. The number of anilines is 2. The maximum absolute atomic E-state index is 4.55. The second-order valence-electron chi connectivity index (χ2n) is 5.05. The Hall–Kier alpha value is -1.84. The summed E-state index contributed by atoms with van der Waals surface area (Å²) in [5, 5.41) is 3.40. The molecule has 2 aromatic heterocycles. The average molecular weight is 242 g/mol. The van der Waals surface area contributed by atoms with Crippen LogP contribution in [-0.2, 0) is 0 Å². The van der Waals surface area contributed by atoms with Gasteiger partial charge in [-0.05, 0) is 45.7 Å². The van der Waals surface area contributed by atoms with Crippen LogP contribution in [0.5, 0.6) is 0 Å². The van der Waals surface area contributed by atoms with Crippen molar-refractivity contribution < 1.29 is 0 Å². The quantitative estimate of drug-likeness (QED) is 0.898. The lowest BCUT2D eigenvalue weighted by molar-refractivity contribution is 0.750. The average Bonchev–Trinajstić information content (AvgIpc) is 3.08. The summed E-state index contributed by atoms with van der Waals surface area (Å²) < 4.78 is 2.24. The van der Waals surface area contributed by atoms with Crippen LogP contribution < -0.4 is 5.32 Å². The second kappa shape index (κ2) is 4.12. The van der Waals surface area contributed by atoms with Crippen LogP contribution in [0.25, 0.3) is 0 Å². The molecule has 0 amide bonds. The first kappa shape index (κ1) is 11.3. The lowest BCUT2D eigenvalue weighted by atomic mass is 10.3. The molecule has 0 atom stereocenters. The predicted octanol–water partition coefficient (Wildman–Crippen LogP) is 3.28. The number of hydrogen-bond donors (Lipinski definition) is 1. The lowest BCUT2D eigenvalue weighted by Crippen LogP contribution is -2.03. The van der Waals surface area contributed by atoms with Gasteiger partial charge >= 0.3 is 0 Å². The van der Waals surface area contributed by atoms with E-state index in [1.807, 2.05) is 26.8 Å². The summed E-state index contributed by atoms with van der Waals surface area (Å²) in [6, 6.07) is 4.72. The number of nitrogens with one attached hydrogen (secondary N) is 1. The molecule has 0 aliphatic heterocycles. The predicted molar refractivity (Wildman–Crippen MR) is 72.2 cm³/mol. The zero-order chi connectivity index (χ0) is 12.7. The smallest absolute Gasteiger partial charge is 0.207 e. The Kier molecular flexibility index (Phi) is 2.58. The summed E-state index contributed by atoms with van der Waals surface area (Å²) in [7, 11) is 0. The highest BCUT2D eigenvalue weighted by molar-refractivity contribution is 5.57. The van der Waals surface area contributed by atoms with Gasteiger partial charge in [0.25, 0.3) is 0 Å². The molecule has 4 nitrogen and oxygen atoms in total. The van der Waals surface area contributed by atoms with Crippen molar-refractivity contribution >= 4 is 11.6 Å². The van der Waals surface area contributed by atoms with E-state index in [2.05, 4.69) is 32.1 Å². The van der Waals surface area contributed by atoms with Crippen LogP contribution in [0.2, 0.25) is 0 Å². The SMILES string of the molecule is Cc1ccc(Nc2nc(C)cn2C2CC2)c(C)n1. The number of nitrogens with zero attached hydrogens (tertiary/aromatic N) is 3. The summed E-state index contributed by atoms with van der Waals surface area (Å²) in [6.45, 7) is 6.06. The van der Waals surface area contributed by atoms with Crippen LogP contribution in [0, 0.1) is 20.8 Å². The third-order valence-corrected chi connectivity index (χ3v) is 3.26. The van der Waals surface area contributed by atoms with Gasteiger partial charge in [-0.2, -0.15) is 0 Å². The fourth-order valence-corrected chi connectivity index (χ4v) is 2.18. The van der Waals surface area contributed by atoms with Crippen LogP contribution in [0.3, 0.4) is 0 Å². The van der Waals surface area contributed by atoms with Crippen LogP contribution in [0.1, 0.15) is 36.0 Å². The van der Waals surface area contributed by atoms with Gasteiger partial charge < -0.3 is 9.88 Å². The van der Waals surface area contributed by atoms with E-state index in [1.165, 1.54) is 12.8 Å². The van der Waals surface area contributed by atoms with Crippen molar-refractivity contribution in [3.05, 3.63) is 35.4 Å². The van der Waals surface area contributed by atoms with E-state index in [-0.39, 0.29) is 0 Å². The van der Waals surface area contributed by atoms with Gasteiger partial charge in [-0.15, -0.1) is 0 Å². The molecule has 0 aromatic carbocycles. The zero-order valence-corrected chi connectivity index (χ0v) is 11.1. The number of aromatic nitrogens is 3. The zero-order valence-electron chi connectivity index (χ0n) is 11.1. The second-order valence-corrected chi connectivity index (χ2v) is 5.05. The van der Waals surface area contributed by atoms with Crippen molar-refractivity contribution in [3.63, 3.8) is 0 Å². The first-order valence-electron chi connectivity index (χ1n) is 6.40. The molecule has 2 aromatic rings. The molecule has 1 aliphatic carbocycles. The van der Waals surface area contributed by atoms with Crippen LogP contribution in [0.15, 0.2) is 18.3 Å². The van der Waals surface area contributed by atoms with Gasteiger partial charge in [0, 0.05) is 17.9 Å². The van der Waals surface area contributed by atoms with Crippen molar-refractivity contribution in [1.29, 1.82) is 0 Å². The number of rotatable bonds is 3. The Morgan fingerprint density at radius 1 is 1.11 bits per heavy atom. The van der Waals surface area contributed by atoms with Gasteiger partial charge in [0.1, 0.15) is 0 Å². The molecule has 1 saturated carbocycles. The van der Waals surface area contributed by atoms with Crippen LogP contribution in [0.4, 0.5) is 11.6 Å². The standard InChI is InChI=1S/C14H18N4/c1-9-4-7-13(11(3)15-9)17-14-16-10(2)8-18(14)12-5-6-12/h4,7-8,12H,5-6H2,1-3H3,(H,16,17). The Labute approximate surface area is 107 Å². The molecule has 0 unspecified atom stereocenters. The van der Waals surface area contributed by atoms with Gasteiger partial charge in [0.2, 0.25) is 5.95 Å². The van der Waals surface area contributed by atoms with E-state index < -0.39 is 0 Å².